The number of sulfonamides is 1. The van der Waals surface area contributed by atoms with Crippen LogP contribution < -0.4 is 9.46 Å². The van der Waals surface area contributed by atoms with Gasteiger partial charge >= 0.3 is 0 Å². The Morgan fingerprint density at radius 2 is 2.00 bits per heavy atom. The number of carbonyl (C=O) groups excluding carboxylic acids is 1. The molecule has 2 aromatic rings. The van der Waals surface area contributed by atoms with Crippen LogP contribution in [0.1, 0.15) is 40.3 Å². The second-order valence-electron chi connectivity index (χ2n) is 5.71. The minimum absolute atomic E-state index is 0.0609. The van der Waals surface area contributed by atoms with Gasteiger partial charge in [0.1, 0.15) is 5.75 Å². The molecule has 0 bridgehead atoms. The number of aryl methyl sites for hydroxylation is 2. The second kappa shape index (κ2) is 6.52. The highest BCUT2D eigenvalue weighted by Gasteiger charge is 2.26. The lowest BCUT2D eigenvalue weighted by atomic mass is 9.96. The molecule has 1 fully saturated rings. The number of benzene rings is 1. The molecule has 1 saturated carbocycles. The molecule has 1 amide bonds. The highest BCUT2D eigenvalue weighted by molar-refractivity contribution is 7.92. The van der Waals surface area contributed by atoms with Crippen LogP contribution >= 0.6 is 11.3 Å². The average Bonchev–Trinajstić information content (AvgIpc) is 2.82. The van der Waals surface area contributed by atoms with Crippen LogP contribution in [0.2, 0.25) is 0 Å². The van der Waals surface area contributed by atoms with Crippen LogP contribution in [0.4, 0.5) is 0 Å². The molecule has 24 heavy (non-hydrogen) atoms. The van der Waals surface area contributed by atoms with E-state index in [0.717, 1.165) is 30.6 Å². The zero-order valence-electron chi connectivity index (χ0n) is 13.4. The van der Waals surface area contributed by atoms with Crippen molar-refractivity contribution in [1.82, 2.24) is 9.71 Å². The van der Waals surface area contributed by atoms with E-state index in [4.69, 9.17) is 4.74 Å². The van der Waals surface area contributed by atoms with Crippen molar-refractivity contribution >= 4 is 27.3 Å². The molecule has 0 atom stereocenters. The molecule has 1 aromatic carbocycles. The Bertz CT molecular complexity index is 870. The van der Waals surface area contributed by atoms with E-state index in [1.165, 1.54) is 0 Å². The van der Waals surface area contributed by atoms with Gasteiger partial charge in [0.2, 0.25) is 0 Å². The van der Waals surface area contributed by atoms with Crippen LogP contribution in [-0.4, -0.2) is 25.4 Å². The molecule has 1 heterocycles. The number of nitrogens with one attached hydrogen (secondary N) is 1. The molecule has 6 nitrogen and oxygen atoms in total. The summed E-state index contributed by atoms with van der Waals surface area (Å²) in [6, 6.07) is 6.68. The van der Waals surface area contributed by atoms with Crippen molar-refractivity contribution in [2.45, 2.75) is 43.4 Å². The Labute approximate surface area is 144 Å². The third kappa shape index (κ3) is 3.44. The maximum atomic E-state index is 12.5. The zero-order valence-corrected chi connectivity index (χ0v) is 15.0. The molecule has 0 radical (unpaired) electrons. The fourth-order valence-corrected chi connectivity index (χ4v) is 4.86. The third-order valence-electron chi connectivity index (χ3n) is 3.81. The summed E-state index contributed by atoms with van der Waals surface area (Å²) in [5.41, 5.74) is 0.601. The highest BCUT2D eigenvalue weighted by Crippen LogP contribution is 2.28. The maximum absolute atomic E-state index is 12.5. The topological polar surface area (TPSA) is 85.4 Å². The molecule has 0 aliphatic heterocycles. The zero-order chi connectivity index (χ0) is 17.3. The van der Waals surface area contributed by atoms with Gasteiger partial charge in [-0.1, -0.05) is 12.1 Å². The first-order valence-electron chi connectivity index (χ1n) is 7.63. The largest absolute Gasteiger partial charge is 0.490 e. The number of hydrogen-bond donors (Lipinski definition) is 1. The van der Waals surface area contributed by atoms with Crippen LogP contribution in [0.25, 0.3) is 0 Å². The monoisotopic (exact) mass is 366 g/mol. The molecule has 1 aromatic heterocycles. The number of carbonyl (C=O) groups is 1. The van der Waals surface area contributed by atoms with Gasteiger partial charge in [0.15, 0.2) is 4.21 Å². The Balaban J connectivity index is 1.83. The lowest BCUT2D eigenvalue weighted by Crippen LogP contribution is -2.32. The van der Waals surface area contributed by atoms with E-state index in [-0.39, 0.29) is 15.9 Å². The predicted octanol–water partition coefficient (Wildman–Crippen LogP) is 2.81. The molecule has 0 saturated heterocycles. The molecule has 8 heteroatoms. The van der Waals surface area contributed by atoms with Crippen LogP contribution in [0.5, 0.6) is 5.75 Å². The summed E-state index contributed by atoms with van der Waals surface area (Å²) < 4.78 is 32.9. The number of nitrogens with zero attached hydrogens (tertiary/aromatic N) is 1. The normalized spacial score (nSPS) is 14.9. The van der Waals surface area contributed by atoms with Gasteiger partial charge < -0.3 is 4.74 Å². The molecule has 1 aliphatic rings. The number of rotatable bonds is 5. The molecular weight excluding hydrogens is 348 g/mol. The summed E-state index contributed by atoms with van der Waals surface area (Å²) in [6.07, 6.45) is 3.11. The minimum Gasteiger partial charge on any atom is -0.490 e. The molecule has 0 unspecified atom stereocenters. The van der Waals surface area contributed by atoms with E-state index in [1.807, 2.05) is 0 Å². The smallest absolute Gasteiger partial charge is 0.275 e. The lowest BCUT2D eigenvalue weighted by molar-refractivity contribution is 0.0954. The Morgan fingerprint density at radius 3 is 2.58 bits per heavy atom. The number of para-hydroxylation sites is 1. The van der Waals surface area contributed by atoms with E-state index in [9.17, 15) is 13.2 Å². The average molecular weight is 366 g/mol. The van der Waals surface area contributed by atoms with E-state index < -0.39 is 15.9 Å². The van der Waals surface area contributed by atoms with Crippen molar-refractivity contribution in [3.8, 4) is 5.75 Å². The fourth-order valence-electron chi connectivity index (χ4n) is 2.41. The molecule has 1 aliphatic carbocycles. The molecule has 1 N–H and O–H groups in total. The number of thiazole rings is 1. The summed E-state index contributed by atoms with van der Waals surface area (Å²) in [7, 11) is -3.95. The van der Waals surface area contributed by atoms with Crippen molar-refractivity contribution in [3.05, 3.63) is 40.5 Å². The lowest BCUT2D eigenvalue weighted by Gasteiger charge is -2.27. The third-order valence-corrected chi connectivity index (χ3v) is 6.82. The van der Waals surface area contributed by atoms with E-state index in [2.05, 4.69) is 9.71 Å². The van der Waals surface area contributed by atoms with Gasteiger partial charge in [-0.15, -0.1) is 11.3 Å². The van der Waals surface area contributed by atoms with Crippen LogP contribution in [0.15, 0.2) is 28.5 Å². The predicted molar refractivity (Wildman–Crippen MR) is 90.9 cm³/mol. The highest BCUT2D eigenvalue weighted by atomic mass is 32.2. The van der Waals surface area contributed by atoms with Gasteiger partial charge in [-0.2, -0.15) is 0 Å². The quantitative estimate of drug-likeness (QED) is 0.879. The summed E-state index contributed by atoms with van der Waals surface area (Å²) in [6.45, 7) is 3.33. The van der Waals surface area contributed by atoms with Crippen molar-refractivity contribution < 1.29 is 17.9 Å². The SMILES string of the molecule is Cc1nc(C)c(S(=O)(=O)NC(=O)c2ccccc2OC2CCC2)s1. The van der Waals surface area contributed by atoms with Gasteiger partial charge in [-0.05, 0) is 45.2 Å². The Hall–Kier alpha value is -1.93. The van der Waals surface area contributed by atoms with Gasteiger partial charge in [0.05, 0.1) is 22.4 Å². The second-order valence-corrected chi connectivity index (χ2v) is 8.79. The maximum Gasteiger partial charge on any atom is 0.275 e. The number of ether oxygens (including phenoxy) is 1. The van der Waals surface area contributed by atoms with E-state index >= 15 is 0 Å². The number of aromatic nitrogens is 1. The van der Waals surface area contributed by atoms with E-state index in [0.29, 0.717) is 16.5 Å². The van der Waals surface area contributed by atoms with Crippen LogP contribution in [0.3, 0.4) is 0 Å². The molecular formula is C16H18N2O4S2. The van der Waals surface area contributed by atoms with Crippen molar-refractivity contribution in [2.24, 2.45) is 0 Å². The van der Waals surface area contributed by atoms with Gasteiger partial charge in [-0.3, -0.25) is 4.79 Å². The number of amides is 1. The standard InChI is InChI=1S/C16H18N2O4S2/c1-10-16(23-11(2)17-10)24(20,21)18-15(19)13-8-3-4-9-14(13)22-12-6-5-7-12/h3-4,8-9,12H,5-7H2,1-2H3,(H,18,19). The van der Waals surface area contributed by atoms with E-state index in [1.54, 1.807) is 38.1 Å². The molecule has 128 valence electrons. The summed E-state index contributed by atoms with van der Waals surface area (Å²) in [4.78, 5) is 16.6. The van der Waals surface area contributed by atoms with Gasteiger partial charge in [0, 0.05) is 0 Å². The van der Waals surface area contributed by atoms with Gasteiger partial charge in [0.25, 0.3) is 15.9 Å². The first-order valence-corrected chi connectivity index (χ1v) is 9.93. The van der Waals surface area contributed by atoms with Crippen LogP contribution in [0, 0.1) is 13.8 Å². The summed E-state index contributed by atoms with van der Waals surface area (Å²) >= 11 is 1.04. The molecule has 0 spiro atoms. The summed E-state index contributed by atoms with van der Waals surface area (Å²) in [5.74, 6) is -0.289. The Kier molecular flexibility index (Phi) is 4.60. The number of hydrogen-bond acceptors (Lipinski definition) is 6. The van der Waals surface area contributed by atoms with Crippen molar-refractivity contribution in [2.75, 3.05) is 0 Å². The first-order chi connectivity index (χ1) is 11.4. The van der Waals surface area contributed by atoms with Crippen molar-refractivity contribution in [1.29, 1.82) is 0 Å². The van der Waals surface area contributed by atoms with Crippen molar-refractivity contribution in [3.63, 3.8) is 0 Å². The first kappa shape index (κ1) is 16.9. The van der Waals surface area contributed by atoms with Gasteiger partial charge in [-0.25, -0.2) is 18.1 Å². The Morgan fingerprint density at radius 1 is 1.29 bits per heavy atom. The van der Waals surface area contributed by atoms with Crippen LogP contribution in [-0.2, 0) is 10.0 Å². The molecule has 3 rings (SSSR count). The summed E-state index contributed by atoms with van der Waals surface area (Å²) in [5, 5.41) is 0.633. The fraction of sp³-hybridized carbons (Fsp3) is 0.375. The minimum atomic E-state index is -3.95.